The van der Waals surface area contributed by atoms with E-state index in [1.807, 2.05) is 0 Å². The standard InChI is InChI=1S/C19H19F2N3O2S/c1-3-4-5-9-24-10-22-18-14(19(24)26)11(2)16(27-18)17(25)23-15-12(20)7-6-8-13(15)21/h6-8,10H,3-5,9H2,1-2H3,(H,23,25). The molecule has 142 valence electrons. The Labute approximate surface area is 158 Å². The van der Waals surface area contributed by atoms with Crippen LogP contribution < -0.4 is 10.9 Å². The van der Waals surface area contributed by atoms with Gasteiger partial charge in [0.1, 0.15) is 22.2 Å². The van der Waals surface area contributed by atoms with Gasteiger partial charge in [0.2, 0.25) is 0 Å². The molecule has 3 rings (SSSR count). The number of amides is 1. The molecule has 2 heterocycles. The lowest BCUT2D eigenvalue weighted by Gasteiger charge is -2.07. The molecule has 0 saturated heterocycles. The summed E-state index contributed by atoms with van der Waals surface area (Å²) in [5.74, 6) is -2.39. The number of fused-ring (bicyclic) bond motifs is 1. The van der Waals surface area contributed by atoms with Crippen molar-refractivity contribution >= 4 is 33.1 Å². The van der Waals surface area contributed by atoms with Crippen LogP contribution in [-0.4, -0.2) is 15.5 Å². The predicted molar refractivity (Wildman–Crippen MR) is 102 cm³/mol. The number of halogens is 2. The third-order valence-corrected chi connectivity index (χ3v) is 5.53. The largest absolute Gasteiger partial charge is 0.316 e. The first-order valence-corrected chi connectivity index (χ1v) is 9.49. The van der Waals surface area contributed by atoms with E-state index in [9.17, 15) is 18.4 Å². The summed E-state index contributed by atoms with van der Waals surface area (Å²) in [5.41, 5.74) is -0.253. The van der Waals surface area contributed by atoms with E-state index in [2.05, 4.69) is 17.2 Å². The fraction of sp³-hybridized carbons (Fsp3) is 0.316. The van der Waals surface area contributed by atoms with Crippen molar-refractivity contribution in [2.24, 2.45) is 0 Å². The molecule has 0 unspecified atom stereocenters. The van der Waals surface area contributed by atoms with Gasteiger partial charge in [0.15, 0.2) is 0 Å². The summed E-state index contributed by atoms with van der Waals surface area (Å²) in [7, 11) is 0. The molecule has 0 spiro atoms. The Kier molecular flexibility index (Phi) is 5.65. The maximum Gasteiger partial charge on any atom is 0.266 e. The van der Waals surface area contributed by atoms with Crippen LogP contribution in [0.2, 0.25) is 0 Å². The lowest BCUT2D eigenvalue weighted by Crippen LogP contribution is -2.21. The minimum Gasteiger partial charge on any atom is -0.316 e. The van der Waals surface area contributed by atoms with Crippen LogP contribution in [0.1, 0.15) is 41.4 Å². The number of para-hydroxylation sites is 1. The number of nitrogens with zero attached hydrogens (tertiary/aromatic N) is 2. The van der Waals surface area contributed by atoms with E-state index in [4.69, 9.17) is 0 Å². The molecule has 8 heteroatoms. The number of aromatic nitrogens is 2. The van der Waals surface area contributed by atoms with Crippen LogP contribution in [0.5, 0.6) is 0 Å². The van der Waals surface area contributed by atoms with Crippen LogP contribution in [0.4, 0.5) is 14.5 Å². The number of nitrogens with one attached hydrogen (secondary N) is 1. The van der Waals surface area contributed by atoms with Gasteiger partial charge in [-0.15, -0.1) is 11.3 Å². The first kappa shape index (κ1) is 19.2. The summed E-state index contributed by atoms with van der Waals surface area (Å²) in [6.45, 7) is 4.29. The molecule has 0 aliphatic carbocycles. The molecule has 0 radical (unpaired) electrons. The highest BCUT2D eigenvalue weighted by atomic mass is 32.1. The zero-order valence-corrected chi connectivity index (χ0v) is 15.8. The molecular formula is C19H19F2N3O2S. The van der Waals surface area contributed by atoms with Gasteiger partial charge in [0.25, 0.3) is 11.5 Å². The average molecular weight is 391 g/mol. The second-order valence-electron chi connectivity index (χ2n) is 6.24. The van der Waals surface area contributed by atoms with E-state index in [0.717, 1.165) is 42.7 Å². The number of carbonyl (C=O) groups is 1. The molecule has 1 amide bonds. The second-order valence-corrected chi connectivity index (χ2v) is 7.24. The minimum absolute atomic E-state index is 0.207. The number of carbonyl (C=O) groups excluding carboxylic acids is 1. The fourth-order valence-electron chi connectivity index (χ4n) is 2.85. The Morgan fingerprint density at radius 2 is 1.96 bits per heavy atom. The van der Waals surface area contributed by atoms with Crippen LogP contribution in [0.25, 0.3) is 10.2 Å². The summed E-state index contributed by atoms with van der Waals surface area (Å²) in [4.78, 5) is 30.2. The molecule has 1 N–H and O–H groups in total. The van der Waals surface area contributed by atoms with Gasteiger partial charge in [0.05, 0.1) is 16.6 Å². The number of hydrogen-bond donors (Lipinski definition) is 1. The van der Waals surface area contributed by atoms with Crippen molar-refractivity contribution in [1.29, 1.82) is 0 Å². The SMILES string of the molecule is CCCCCn1cnc2sc(C(=O)Nc3c(F)cccc3F)c(C)c2c1=O. The summed E-state index contributed by atoms with van der Waals surface area (Å²) in [5, 5.41) is 2.63. The number of unbranched alkanes of at least 4 members (excludes halogenated alkanes) is 2. The van der Waals surface area contributed by atoms with Crippen LogP contribution in [0, 0.1) is 18.6 Å². The predicted octanol–water partition coefficient (Wildman–Crippen LogP) is 4.49. The van der Waals surface area contributed by atoms with Crippen LogP contribution in [0.15, 0.2) is 29.3 Å². The number of thiophene rings is 1. The minimum atomic E-state index is -0.862. The Balaban J connectivity index is 1.96. The van der Waals surface area contributed by atoms with Crippen LogP contribution >= 0.6 is 11.3 Å². The molecule has 0 aliphatic heterocycles. The average Bonchev–Trinajstić information content (AvgIpc) is 2.98. The third-order valence-electron chi connectivity index (χ3n) is 4.33. The number of anilines is 1. The Bertz CT molecular complexity index is 1040. The number of rotatable bonds is 6. The molecule has 3 aromatic rings. The zero-order valence-electron chi connectivity index (χ0n) is 15.0. The van der Waals surface area contributed by atoms with Gasteiger partial charge < -0.3 is 5.32 Å². The molecule has 0 aliphatic rings. The van der Waals surface area contributed by atoms with Gasteiger partial charge in [0, 0.05) is 6.54 Å². The van der Waals surface area contributed by atoms with Gasteiger partial charge in [-0.2, -0.15) is 0 Å². The molecule has 27 heavy (non-hydrogen) atoms. The smallest absolute Gasteiger partial charge is 0.266 e. The molecule has 0 atom stereocenters. The number of aryl methyl sites for hydroxylation is 2. The monoisotopic (exact) mass is 391 g/mol. The first-order chi connectivity index (χ1) is 12.9. The molecule has 2 aromatic heterocycles. The van der Waals surface area contributed by atoms with Gasteiger partial charge in [-0.3, -0.25) is 14.2 Å². The molecular weight excluding hydrogens is 372 g/mol. The van der Waals surface area contributed by atoms with E-state index in [-0.39, 0.29) is 10.4 Å². The van der Waals surface area contributed by atoms with Crippen molar-refractivity contribution in [3.63, 3.8) is 0 Å². The van der Waals surface area contributed by atoms with E-state index in [1.54, 1.807) is 6.92 Å². The Morgan fingerprint density at radius 3 is 2.63 bits per heavy atom. The normalized spacial score (nSPS) is 11.1. The van der Waals surface area contributed by atoms with Crippen molar-refractivity contribution in [3.8, 4) is 0 Å². The van der Waals surface area contributed by atoms with Gasteiger partial charge >= 0.3 is 0 Å². The van der Waals surface area contributed by atoms with Crippen LogP contribution in [0.3, 0.4) is 0 Å². The lowest BCUT2D eigenvalue weighted by atomic mass is 10.2. The van der Waals surface area contributed by atoms with E-state index in [1.165, 1.54) is 17.0 Å². The molecule has 1 aromatic carbocycles. The maximum absolute atomic E-state index is 13.8. The summed E-state index contributed by atoms with van der Waals surface area (Å²) >= 11 is 1.03. The molecule has 0 bridgehead atoms. The van der Waals surface area contributed by atoms with Crippen molar-refractivity contribution in [3.05, 3.63) is 57.0 Å². The second kappa shape index (κ2) is 7.96. The summed E-state index contributed by atoms with van der Waals surface area (Å²) in [6.07, 6.45) is 4.40. The van der Waals surface area contributed by atoms with E-state index >= 15 is 0 Å². The van der Waals surface area contributed by atoms with Crippen molar-refractivity contribution in [1.82, 2.24) is 9.55 Å². The quantitative estimate of drug-likeness (QED) is 0.630. The highest BCUT2D eigenvalue weighted by Crippen LogP contribution is 2.28. The lowest BCUT2D eigenvalue weighted by molar-refractivity contribution is 0.102. The van der Waals surface area contributed by atoms with E-state index in [0.29, 0.717) is 22.3 Å². The fourth-order valence-corrected chi connectivity index (χ4v) is 3.89. The zero-order chi connectivity index (χ0) is 19.6. The number of hydrogen-bond acceptors (Lipinski definition) is 4. The summed E-state index contributed by atoms with van der Waals surface area (Å²) < 4.78 is 29.1. The van der Waals surface area contributed by atoms with Crippen LogP contribution in [-0.2, 0) is 6.54 Å². The summed E-state index contributed by atoms with van der Waals surface area (Å²) in [6, 6.07) is 3.34. The highest BCUT2D eigenvalue weighted by Gasteiger charge is 2.21. The van der Waals surface area contributed by atoms with Gasteiger partial charge in [-0.05, 0) is 31.0 Å². The first-order valence-electron chi connectivity index (χ1n) is 8.68. The van der Waals surface area contributed by atoms with E-state index < -0.39 is 23.2 Å². The maximum atomic E-state index is 13.8. The third kappa shape index (κ3) is 3.75. The highest BCUT2D eigenvalue weighted by molar-refractivity contribution is 7.20. The van der Waals surface area contributed by atoms with Gasteiger partial charge in [-0.1, -0.05) is 25.8 Å². The van der Waals surface area contributed by atoms with Crippen molar-refractivity contribution in [2.45, 2.75) is 39.7 Å². The Hall–Kier alpha value is -2.61. The number of benzene rings is 1. The molecule has 5 nitrogen and oxygen atoms in total. The molecule has 0 fully saturated rings. The van der Waals surface area contributed by atoms with Crippen molar-refractivity contribution < 1.29 is 13.6 Å². The van der Waals surface area contributed by atoms with Gasteiger partial charge in [-0.25, -0.2) is 13.8 Å². The molecule has 0 saturated carbocycles. The Morgan fingerprint density at radius 1 is 1.26 bits per heavy atom. The topological polar surface area (TPSA) is 64.0 Å². The van der Waals surface area contributed by atoms with Crippen molar-refractivity contribution in [2.75, 3.05) is 5.32 Å².